The third-order valence-corrected chi connectivity index (χ3v) is 7.61. The van der Waals surface area contributed by atoms with Crippen molar-refractivity contribution in [3.63, 3.8) is 0 Å². The maximum atomic E-state index is 14.8. The molecular weight excluding hydrogens is 431 g/mol. The number of fused-ring (bicyclic) bond motifs is 4. The number of hydrogen-bond donors (Lipinski definition) is 1. The first kappa shape index (κ1) is 22.2. The van der Waals surface area contributed by atoms with Crippen LogP contribution in [0.1, 0.15) is 37.7 Å². The second-order valence-electron chi connectivity index (χ2n) is 8.34. The second-order valence-corrected chi connectivity index (χ2v) is 9.39. The van der Waals surface area contributed by atoms with E-state index in [1.54, 1.807) is 6.07 Å². The molecule has 0 saturated heterocycles. The molecule has 8 heteroatoms. The van der Waals surface area contributed by atoms with Gasteiger partial charge in [-0.2, -0.15) is 5.26 Å². The summed E-state index contributed by atoms with van der Waals surface area (Å²) in [4.78, 5) is 13.1. The first-order chi connectivity index (χ1) is 15.5. The van der Waals surface area contributed by atoms with Gasteiger partial charge in [0.05, 0.1) is 35.9 Å². The summed E-state index contributed by atoms with van der Waals surface area (Å²) in [5.74, 6) is 2.49. The van der Waals surface area contributed by atoms with E-state index in [9.17, 15) is 14.0 Å². The van der Waals surface area contributed by atoms with Crippen molar-refractivity contribution in [2.75, 3.05) is 12.4 Å². The minimum absolute atomic E-state index is 0.265. The zero-order chi connectivity index (χ0) is 22.7. The van der Waals surface area contributed by atoms with E-state index in [0.29, 0.717) is 37.2 Å². The lowest BCUT2D eigenvalue weighted by atomic mass is 9.68. The Balaban J connectivity index is 0.000000567. The molecule has 2 bridgehead atoms. The van der Waals surface area contributed by atoms with Gasteiger partial charge in [0.1, 0.15) is 11.6 Å². The van der Waals surface area contributed by atoms with Gasteiger partial charge in [0.2, 0.25) is 0 Å². The van der Waals surface area contributed by atoms with Crippen LogP contribution in [-0.2, 0) is 9.53 Å². The molecule has 3 aliphatic carbocycles. The summed E-state index contributed by atoms with van der Waals surface area (Å²) in [6.45, 7) is 0.375. The molecule has 32 heavy (non-hydrogen) atoms. The second kappa shape index (κ2) is 9.67. The number of aromatic nitrogens is 1. The summed E-state index contributed by atoms with van der Waals surface area (Å²) < 4.78 is 32.4. The number of carbonyl (C=O) groups is 1. The summed E-state index contributed by atoms with van der Waals surface area (Å²) in [6, 6.07) is 6.86. The van der Waals surface area contributed by atoms with Gasteiger partial charge in [0.15, 0.2) is 0 Å². The van der Waals surface area contributed by atoms with Gasteiger partial charge in [0.25, 0.3) is 6.47 Å². The Hall–Kier alpha value is -2.97. The molecule has 0 amide bonds. The Bertz CT molecular complexity index is 1170. The number of anilines is 1. The topological polar surface area (TPSA) is 75.0 Å². The number of pyridine rings is 1. The molecule has 2 atom stereocenters. The molecule has 0 radical (unpaired) electrons. The van der Waals surface area contributed by atoms with Gasteiger partial charge in [-0.3, -0.25) is 4.79 Å². The quantitative estimate of drug-likeness (QED) is 0.499. The highest BCUT2D eigenvalue weighted by molar-refractivity contribution is 7.36. The molecule has 0 spiro atoms. The van der Waals surface area contributed by atoms with Crippen molar-refractivity contribution in [2.45, 2.75) is 38.1 Å². The van der Waals surface area contributed by atoms with Crippen molar-refractivity contribution >= 4 is 31.0 Å². The summed E-state index contributed by atoms with van der Waals surface area (Å²) >= 11 is 0. The predicted molar refractivity (Wildman–Crippen MR) is 122 cm³/mol. The van der Waals surface area contributed by atoms with E-state index in [1.165, 1.54) is 51.1 Å². The number of nitrogens with one attached hydrogen (secondary N) is 1. The average molecular weight is 455 g/mol. The van der Waals surface area contributed by atoms with E-state index >= 15 is 0 Å². The van der Waals surface area contributed by atoms with Crippen LogP contribution in [0.15, 0.2) is 30.2 Å². The van der Waals surface area contributed by atoms with Crippen molar-refractivity contribution in [3.8, 4) is 17.2 Å². The lowest BCUT2D eigenvalue weighted by Crippen LogP contribution is -2.40. The maximum Gasteiger partial charge on any atom is 0.292 e. The molecule has 2 aromatic heterocycles. The first-order valence-corrected chi connectivity index (χ1v) is 11.7. The van der Waals surface area contributed by atoms with Crippen molar-refractivity contribution in [1.82, 2.24) is 4.98 Å². The fourth-order valence-electron chi connectivity index (χ4n) is 4.95. The fourth-order valence-corrected chi connectivity index (χ4v) is 6.05. The highest BCUT2D eigenvalue weighted by atomic mass is 31.0. The molecule has 3 saturated carbocycles. The van der Waals surface area contributed by atoms with Crippen molar-refractivity contribution in [2.24, 2.45) is 11.8 Å². The van der Waals surface area contributed by atoms with Gasteiger partial charge < -0.3 is 10.1 Å². The number of rotatable bonds is 4. The van der Waals surface area contributed by atoms with Gasteiger partial charge in [-0.1, -0.05) is 12.8 Å². The van der Waals surface area contributed by atoms with Gasteiger partial charge >= 0.3 is 0 Å². The zero-order valence-corrected chi connectivity index (χ0v) is 18.7. The number of benzene rings is 1. The van der Waals surface area contributed by atoms with Crippen LogP contribution >= 0.6 is 8.19 Å². The number of methoxy groups -OCH3 is 1. The monoisotopic (exact) mass is 455 g/mol. The normalized spacial score (nSPS) is 21.6. The summed E-state index contributed by atoms with van der Waals surface area (Å²) in [6.07, 6.45) is 7.28. The third kappa shape index (κ3) is 4.47. The van der Waals surface area contributed by atoms with Gasteiger partial charge in [-0.05, 0) is 60.7 Å². The number of halogens is 2. The highest BCUT2D eigenvalue weighted by Gasteiger charge is 2.35. The molecule has 1 N–H and O–H groups in total. The molecular formula is C24H24F2N3O2P. The number of ether oxygens (including phenoxy) is 1. The van der Waals surface area contributed by atoms with Gasteiger partial charge in [0, 0.05) is 17.0 Å². The van der Waals surface area contributed by atoms with Crippen LogP contribution in [0.3, 0.4) is 0 Å². The Morgan fingerprint density at radius 3 is 2.59 bits per heavy atom. The van der Waals surface area contributed by atoms with Crippen LogP contribution in [0.4, 0.5) is 14.5 Å². The van der Waals surface area contributed by atoms with Crippen LogP contribution < -0.4 is 5.32 Å². The Labute approximate surface area is 186 Å². The van der Waals surface area contributed by atoms with E-state index in [1.807, 2.05) is 5.80 Å². The van der Waals surface area contributed by atoms with Crippen LogP contribution in [-0.4, -0.2) is 24.6 Å². The molecule has 0 aliphatic heterocycles. The number of carbonyl (C=O) groups excluding carboxylic acids is 1. The molecule has 3 fully saturated rings. The number of nitrogens with zero attached hydrogens (tertiary/aromatic N) is 2. The maximum absolute atomic E-state index is 14.8. The summed E-state index contributed by atoms with van der Waals surface area (Å²) in [5, 5.41) is 14.5. The molecule has 3 aromatic rings. The van der Waals surface area contributed by atoms with Crippen molar-refractivity contribution in [1.29, 1.82) is 5.26 Å². The fraction of sp³-hybridized carbons (Fsp3) is 0.375. The minimum Gasteiger partial charge on any atom is -0.471 e. The van der Waals surface area contributed by atoms with Crippen LogP contribution in [0, 0.1) is 34.8 Å². The first-order valence-electron chi connectivity index (χ1n) is 10.6. The Morgan fingerprint density at radius 2 is 1.97 bits per heavy atom. The standard InChI is InChI=1S/C22H20F2N3P.C2H4O2/c23-15-7-17-18(11-28-22(17)26-10-15)16-8-21(19(24)6-14(16)9-25)27-20-5-12-1-3-13(20)4-2-12;1-4-2-3/h6-8,10-13,20,27-28H,1-5H2;2H,1H3. The summed E-state index contributed by atoms with van der Waals surface area (Å²) in [5.41, 5.74) is 2.12. The van der Waals surface area contributed by atoms with E-state index in [2.05, 4.69) is 21.1 Å². The summed E-state index contributed by atoms with van der Waals surface area (Å²) in [7, 11) is 1.63. The van der Waals surface area contributed by atoms with Crippen LogP contribution in [0.5, 0.6) is 0 Å². The SMILES string of the molecule is COC=O.N#Cc1cc(F)c(NC2CC3CCC2CC3)cc1-c1c[pH]c2ncc(F)cc12. The highest BCUT2D eigenvalue weighted by Crippen LogP contribution is 2.44. The molecule has 3 aliphatic rings. The Kier molecular flexibility index (Phi) is 6.72. The minimum atomic E-state index is -0.409. The Morgan fingerprint density at radius 1 is 1.22 bits per heavy atom. The van der Waals surface area contributed by atoms with Crippen LogP contribution in [0.2, 0.25) is 0 Å². The lowest BCUT2D eigenvalue weighted by Gasteiger charge is -2.43. The smallest absolute Gasteiger partial charge is 0.292 e. The third-order valence-electron chi connectivity index (χ3n) is 6.50. The largest absolute Gasteiger partial charge is 0.471 e. The van der Waals surface area contributed by atoms with E-state index in [0.717, 1.165) is 23.2 Å². The number of nitriles is 1. The van der Waals surface area contributed by atoms with Gasteiger partial charge in [-0.25, -0.2) is 13.8 Å². The van der Waals surface area contributed by atoms with E-state index in [-0.39, 0.29) is 11.6 Å². The van der Waals surface area contributed by atoms with Crippen LogP contribution in [0.25, 0.3) is 21.8 Å². The van der Waals surface area contributed by atoms with Crippen molar-refractivity contribution in [3.05, 3.63) is 47.4 Å². The van der Waals surface area contributed by atoms with E-state index < -0.39 is 11.6 Å². The predicted octanol–water partition coefficient (Wildman–Crippen LogP) is 5.86. The van der Waals surface area contributed by atoms with E-state index in [4.69, 9.17) is 4.79 Å². The number of hydrogen-bond acceptors (Lipinski definition) is 5. The molecule has 1 aromatic carbocycles. The average Bonchev–Trinajstić information content (AvgIpc) is 3.24. The molecule has 2 unspecified atom stereocenters. The zero-order valence-electron chi connectivity index (χ0n) is 17.7. The molecule has 6 rings (SSSR count). The molecule has 5 nitrogen and oxygen atoms in total. The van der Waals surface area contributed by atoms with Crippen molar-refractivity contribution < 1.29 is 18.3 Å². The molecule has 2 heterocycles. The van der Waals surface area contributed by atoms with Gasteiger partial charge in [-0.15, -0.1) is 8.19 Å². The lowest BCUT2D eigenvalue weighted by molar-refractivity contribution is -0.126. The molecule has 166 valence electrons.